The van der Waals surface area contributed by atoms with E-state index in [0.29, 0.717) is 15.7 Å². The van der Waals surface area contributed by atoms with Crippen LogP contribution < -0.4 is 10.2 Å². The fourth-order valence-electron chi connectivity index (χ4n) is 3.42. The zero-order valence-electron chi connectivity index (χ0n) is 17.2. The Labute approximate surface area is 191 Å². The monoisotopic (exact) mass is 462 g/mol. The van der Waals surface area contributed by atoms with Crippen molar-refractivity contribution >= 4 is 52.4 Å². The summed E-state index contributed by atoms with van der Waals surface area (Å²) in [6.45, 7) is 1.92. The van der Waals surface area contributed by atoms with E-state index in [0.717, 1.165) is 24.9 Å². The van der Waals surface area contributed by atoms with Gasteiger partial charge in [0.2, 0.25) is 5.91 Å². The van der Waals surface area contributed by atoms with Crippen LogP contribution in [0.1, 0.15) is 31.7 Å². The molecule has 0 unspecified atom stereocenters. The predicted molar refractivity (Wildman–Crippen MR) is 122 cm³/mol. The SMILES string of the molecule is CCCCc1ccc(N2C[C@H](C(=O)OCC(=O)Nc3cc(Cl)cc(Cl)c3)CC2=O)cc1. The third-order valence-electron chi connectivity index (χ3n) is 5.02. The van der Waals surface area contributed by atoms with Gasteiger partial charge in [0, 0.05) is 34.4 Å². The normalized spacial score (nSPS) is 15.8. The van der Waals surface area contributed by atoms with Crippen molar-refractivity contribution in [2.24, 2.45) is 5.92 Å². The zero-order valence-corrected chi connectivity index (χ0v) is 18.7. The number of carbonyl (C=O) groups excluding carboxylic acids is 3. The summed E-state index contributed by atoms with van der Waals surface area (Å²) in [5.41, 5.74) is 2.39. The highest BCUT2D eigenvalue weighted by Gasteiger charge is 2.36. The second kappa shape index (κ2) is 10.6. The fourth-order valence-corrected chi connectivity index (χ4v) is 3.94. The Balaban J connectivity index is 1.51. The summed E-state index contributed by atoms with van der Waals surface area (Å²) in [7, 11) is 0. The van der Waals surface area contributed by atoms with Crippen LogP contribution in [-0.2, 0) is 25.5 Å². The van der Waals surface area contributed by atoms with Gasteiger partial charge in [0.25, 0.3) is 5.91 Å². The number of rotatable bonds is 8. The lowest BCUT2D eigenvalue weighted by Crippen LogP contribution is -2.28. The number of anilines is 2. The minimum atomic E-state index is -0.610. The molecule has 31 heavy (non-hydrogen) atoms. The average Bonchev–Trinajstić information content (AvgIpc) is 3.12. The molecule has 1 heterocycles. The first kappa shape index (κ1) is 23.1. The van der Waals surface area contributed by atoms with Crippen LogP contribution in [0.5, 0.6) is 0 Å². The number of amides is 2. The number of hydrogen-bond donors (Lipinski definition) is 1. The fraction of sp³-hybridized carbons (Fsp3) is 0.348. The average molecular weight is 463 g/mol. The molecule has 6 nitrogen and oxygen atoms in total. The molecule has 1 aliphatic heterocycles. The topological polar surface area (TPSA) is 75.7 Å². The number of esters is 1. The van der Waals surface area contributed by atoms with E-state index in [1.807, 2.05) is 24.3 Å². The number of carbonyl (C=O) groups is 3. The molecular weight excluding hydrogens is 439 g/mol. The smallest absolute Gasteiger partial charge is 0.311 e. The summed E-state index contributed by atoms with van der Waals surface area (Å²) in [5.74, 6) is -1.84. The third kappa shape index (κ3) is 6.45. The summed E-state index contributed by atoms with van der Waals surface area (Å²) in [5, 5.41) is 3.33. The highest BCUT2D eigenvalue weighted by molar-refractivity contribution is 6.35. The van der Waals surface area contributed by atoms with Crippen molar-refractivity contribution in [3.8, 4) is 0 Å². The summed E-state index contributed by atoms with van der Waals surface area (Å²) in [4.78, 5) is 38.4. The number of nitrogens with one attached hydrogen (secondary N) is 1. The van der Waals surface area contributed by atoms with Crippen molar-refractivity contribution in [3.63, 3.8) is 0 Å². The van der Waals surface area contributed by atoms with Crippen LogP contribution in [0.25, 0.3) is 0 Å². The van der Waals surface area contributed by atoms with E-state index in [9.17, 15) is 14.4 Å². The lowest BCUT2D eigenvalue weighted by molar-refractivity contribution is -0.151. The Morgan fingerprint density at radius 2 is 1.81 bits per heavy atom. The molecule has 1 fully saturated rings. The minimum absolute atomic E-state index is 0.0575. The molecule has 2 aromatic carbocycles. The molecule has 0 radical (unpaired) electrons. The third-order valence-corrected chi connectivity index (χ3v) is 5.45. The molecule has 0 bridgehead atoms. The van der Waals surface area contributed by atoms with Gasteiger partial charge in [-0.15, -0.1) is 0 Å². The van der Waals surface area contributed by atoms with Crippen molar-refractivity contribution in [1.29, 1.82) is 0 Å². The zero-order chi connectivity index (χ0) is 22.4. The van der Waals surface area contributed by atoms with E-state index in [4.69, 9.17) is 27.9 Å². The van der Waals surface area contributed by atoms with E-state index in [1.165, 1.54) is 17.7 Å². The number of unbranched alkanes of at least 4 members (excludes halogenated alkanes) is 1. The highest BCUT2D eigenvalue weighted by atomic mass is 35.5. The van der Waals surface area contributed by atoms with E-state index in [1.54, 1.807) is 11.0 Å². The van der Waals surface area contributed by atoms with E-state index < -0.39 is 24.4 Å². The Kier molecular flexibility index (Phi) is 7.93. The summed E-state index contributed by atoms with van der Waals surface area (Å²) in [6, 6.07) is 12.4. The molecule has 0 aliphatic carbocycles. The second-order valence-electron chi connectivity index (χ2n) is 7.49. The van der Waals surface area contributed by atoms with Crippen molar-refractivity contribution in [1.82, 2.24) is 0 Å². The highest BCUT2D eigenvalue weighted by Crippen LogP contribution is 2.27. The van der Waals surface area contributed by atoms with Crippen LogP contribution in [0.15, 0.2) is 42.5 Å². The molecule has 8 heteroatoms. The van der Waals surface area contributed by atoms with E-state index >= 15 is 0 Å². The van der Waals surface area contributed by atoms with Gasteiger partial charge in [0.1, 0.15) is 0 Å². The second-order valence-corrected chi connectivity index (χ2v) is 8.36. The molecule has 1 atom stereocenters. The van der Waals surface area contributed by atoms with Crippen LogP contribution in [0.3, 0.4) is 0 Å². The van der Waals surface area contributed by atoms with Gasteiger partial charge in [0.05, 0.1) is 5.92 Å². The molecule has 1 aliphatic rings. The van der Waals surface area contributed by atoms with Crippen molar-refractivity contribution in [3.05, 3.63) is 58.1 Å². The molecule has 1 saturated heterocycles. The summed E-state index contributed by atoms with van der Waals surface area (Å²) < 4.78 is 5.12. The molecule has 2 aromatic rings. The maximum atomic E-state index is 12.4. The predicted octanol–water partition coefficient (Wildman–Crippen LogP) is 4.87. The summed E-state index contributed by atoms with van der Waals surface area (Å²) in [6.07, 6.45) is 3.31. The maximum Gasteiger partial charge on any atom is 0.311 e. The Bertz CT molecular complexity index is 942. The first-order valence-electron chi connectivity index (χ1n) is 10.2. The van der Waals surface area contributed by atoms with Gasteiger partial charge >= 0.3 is 5.97 Å². The first-order chi connectivity index (χ1) is 14.9. The largest absolute Gasteiger partial charge is 0.455 e. The number of ether oxygens (including phenoxy) is 1. The van der Waals surface area contributed by atoms with E-state index in [-0.39, 0.29) is 18.9 Å². The molecule has 1 N–H and O–H groups in total. The van der Waals surface area contributed by atoms with Crippen LogP contribution in [-0.4, -0.2) is 30.9 Å². The molecule has 3 rings (SSSR count). The lowest BCUT2D eigenvalue weighted by Gasteiger charge is -2.17. The van der Waals surface area contributed by atoms with Gasteiger partial charge in [-0.2, -0.15) is 0 Å². The van der Waals surface area contributed by atoms with Crippen LogP contribution in [0, 0.1) is 5.92 Å². The quantitative estimate of drug-likeness (QED) is 0.567. The minimum Gasteiger partial charge on any atom is -0.455 e. The molecular formula is C23H24Cl2N2O4. The molecule has 0 spiro atoms. The van der Waals surface area contributed by atoms with Crippen LogP contribution >= 0.6 is 23.2 Å². The van der Waals surface area contributed by atoms with Crippen molar-refractivity contribution in [2.75, 3.05) is 23.4 Å². The maximum absolute atomic E-state index is 12.4. The van der Waals surface area contributed by atoms with Crippen LogP contribution in [0.4, 0.5) is 11.4 Å². The number of aryl methyl sites for hydroxylation is 1. The Morgan fingerprint density at radius 3 is 2.45 bits per heavy atom. The Hall–Kier alpha value is -2.57. The first-order valence-corrected chi connectivity index (χ1v) is 10.9. The van der Waals surface area contributed by atoms with E-state index in [2.05, 4.69) is 12.2 Å². The summed E-state index contributed by atoms with van der Waals surface area (Å²) >= 11 is 11.8. The van der Waals surface area contributed by atoms with Gasteiger partial charge in [-0.25, -0.2) is 0 Å². The van der Waals surface area contributed by atoms with Crippen molar-refractivity contribution in [2.45, 2.75) is 32.6 Å². The lowest BCUT2D eigenvalue weighted by atomic mass is 10.1. The molecule has 0 aromatic heterocycles. The van der Waals surface area contributed by atoms with Gasteiger partial charge < -0.3 is 15.0 Å². The molecule has 0 saturated carbocycles. The van der Waals surface area contributed by atoms with Gasteiger partial charge in [-0.3, -0.25) is 14.4 Å². The van der Waals surface area contributed by atoms with Crippen molar-refractivity contribution < 1.29 is 19.1 Å². The molecule has 164 valence electrons. The number of benzene rings is 2. The Morgan fingerprint density at radius 1 is 1.13 bits per heavy atom. The van der Waals surface area contributed by atoms with Crippen LogP contribution in [0.2, 0.25) is 10.0 Å². The number of hydrogen-bond acceptors (Lipinski definition) is 4. The van der Waals surface area contributed by atoms with Gasteiger partial charge in [0.15, 0.2) is 6.61 Å². The van der Waals surface area contributed by atoms with Gasteiger partial charge in [-0.1, -0.05) is 48.7 Å². The standard InChI is InChI=1S/C23H24Cl2N2O4/c1-2-3-4-15-5-7-20(8-6-15)27-13-16(9-22(27)29)23(30)31-14-21(28)26-19-11-17(24)10-18(25)12-19/h5-8,10-12,16H,2-4,9,13-14H2,1H3,(H,26,28)/t16-/m1/s1. The number of halogens is 2. The van der Waals surface area contributed by atoms with Gasteiger partial charge in [-0.05, 0) is 48.7 Å². The molecule has 2 amide bonds. The number of nitrogens with zero attached hydrogens (tertiary/aromatic N) is 1.